The van der Waals surface area contributed by atoms with E-state index < -0.39 is 17.6 Å². The van der Waals surface area contributed by atoms with Gasteiger partial charge < -0.3 is 10.0 Å². The number of fused-ring (bicyclic) bond motifs is 1. The highest BCUT2D eigenvalue weighted by Gasteiger charge is 2.33. The Balaban J connectivity index is 1.73. The summed E-state index contributed by atoms with van der Waals surface area (Å²) in [6.45, 7) is 3.20. The van der Waals surface area contributed by atoms with Crippen molar-refractivity contribution in [3.8, 4) is 5.75 Å². The van der Waals surface area contributed by atoms with E-state index in [-0.39, 0.29) is 27.4 Å². The molecular weight excluding hydrogens is 463 g/mol. The molecular formula is C22H21ClF3N3O2S. The van der Waals surface area contributed by atoms with Crippen molar-refractivity contribution in [2.45, 2.75) is 31.9 Å². The van der Waals surface area contributed by atoms with Gasteiger partial charge in [-0.3, -0.25) is 10.1 Å². The number of phenolic OH excluding ortho intramolecular Hbond substituents is 1. The minimum atomic E-state index is -4.48. The maximum atomic E-state index is 13.5. The van der Waals surface area contributed by atoms with E-state index in [4.69, 9.17) is 11.6 Å². The van der Waals surface area contributed by atoms with Crippen molar-refractivity contribution in [2.75, 3.05) is 25.5 Å². The number of aromatic nitrogens is 1. The second kappa shape index (κ2) is 8.53. The Bertz CT molecular complexity index is 1190. The smallest absolute Gasteiger partial charge is 0.416 e. The molecule has 32 heavy (non-hydrogen) atoms. The SMILES string of the molecule is Cc1cc(Cl)cc(C(=O)Nc2nc3c(C4CCN(C)CC4)cc(C(F)(F)F)cc3s2)c1O. The first-order valence-corrected chi connectivity index (χ1v) is 11.2. The normalized spacial score (nSPS) is 15.9. The number of nitrogens with one attached hydrogen (secondary N) is 1. The Labute approximate surface area is 191 Å². The van der Waals surface area contributed by atoms with E-state index in [0.29, 0.717) is 21.3 Å². The number of hydrogen-bond acceptors (Lipinski definition) is 5. The summed E-state index contributed by atoms with van der Waals surface area (Å²) in [6.07, 6.45) is -3.00. The molecule has 1 fully saturated rings. The average Bonchev–Trinajstić information content (AvgIpc) is 3.12. The van der Waals surface area contributed by atoms with E-state index in [2.05, 4.69) is 15.2 Å². The molecule has 1 aliphatic heterocycles. The number of benzene rings is 2. The van der Waals surface area contributed by atoms with Gasteiger partial charge in [-0.1, -0.05) is 22.9 Å². The van der Waals surface area contributed by atoms with Gasteiger partial charge in [-0.25, -0.2) is 4.98 Å². The van der Waals surface area contributed by atoms with E-state index in [1.54, 1.807) is 6.92 Å². The van der Waals surface area contributed by atoms with E-state index in [1.807, 2.05) is 7.05 Å². The van der Waals surface area contributed by atoms with Crippen LogP contribution in [-0.4, -0.2) is 41.0 Å². The van der Waals surface area contributed by atoms with Gasteiger partial charge >= 0.3 is 6.18 Å². The van der Waals surface area contributed by atoms with Crippen molar-refractivity contribution in [1.29, 1.82) is 0 Å². The van der Waals surface area contributed by atoms with Gasteiger partial charge in [0, 0.05) is 5.02 Å². The highest BCUT2D eigenvalue weighted by atomic mass is 35.5. The molecule has 3 aromatic rings. The molecule has 4 rings (SSSR count). The monoisotopic (exact) mass is 483 g/mol. The molecule has 1 saturated heterocycles. The van der Waals surface area contributed by atoms with Crippen molar-refractivity contribution in [3.63, 3.8) is 0 Å². The van der Waals surface area contributed by atoms with Crippen LogP contribution in [0.3, 0.4) is 0 Å². The third-order valence-electron chi connectivity index (χ3n) is 5.74. The number of rotatable bonds is 3. The van der Waals surface area contributed by atoms with E-state index >= 15 is 0 Å². The number of nitrogens with zero attached hydrogens (tertiary/aromatic N) is 2. The number of carbonyl (C=O) groups excluding carboxylic acids is 1. The molecule has 0 unspecified atom stereocenters. The van der Waals surface area contributed by atoms with Crippen LogP contribution < -0.4 is 5.32 Å². The average molecular weight is 484 g/mol. The van der Waals surface area contributed by atoms with Gasteiger partial charge in [0.25, 0.3) is 5.91 Å². The number of alkyl halides is 3. The van der Waals surface area contributed by atoms with Crippen molar-refractivity contribution >= 4 is 44.2 Å². The zero-order chi connectivity index (χ0) is 23.2. The third-order valence-corrected chi connectivity index (χ3v) is 6.88. The number of hydrogen-bond donors (Lipinski definition) is 2. The molecule has 0 aliphatic carbocycles. The lowest BCUT2D eigenvalue weighted by Gasteiger charge is -2.29. The van der Waals surface area contributed by atoms with Crippen LogP contribution in [0.4, 0.5) is 18.3 Å². The molecule has 0 spiro atoms. The number of piperidine rings is 1. The van der Waals surface area contributed by atoms with Crippen molar-refractivity contribution < 1.29 is 23.1 Å². The summed E-state index contributed by atoms with van der Waals surface area (Å²) in [5.74, 6) is -0.885. The van der Waals surface area contributed by atoms with Crippen LogP contribution in [-0.2, 0) is 6.18 Å². The summed E-state index contributed by atoms with van der Waals surface area (Å²) in [5.41, 5.74) is 0.719. The molecule has 0 bridgehead atoms. The number of likely N-dealkylation sites (tertiary alicyclic amines) is 1. The molecule has 2 aromatic carbocycles. The number of thiazole rings is 1. The number of halogens is 4. The number of phenols is 1. The largest absolute Gasteiger partial charge is 0.507 e. The van der Waals surface area contributed by atoms with Crippen LogP contribution in [0, 0.1) is 6.92 Å². The fourth-order valence-corrected chi connectivity index (χ4v) is 5.18. The third kappa shape index (κ3) is 4.55. The number of aromatic hydroxyl groups is 1. The minimum absolute atomic E-state index is 0.0271. The Kier molecular flexibility index (Phi) is 6.08. The van der Waals surface area contributed by atoms with Crippen molar-refractivity contribution in [1.82, 2.24) is 9.88 Å². The van der Waals surface area contributed by atoms with Crippen molar-refractivity contribution in [3.05, 3.63) is 51.5 Å². The molecule has 2 heterocycles. The summed E-state index contributed by atoms with van der Waals surface area (Å²) >= 11 is 6.97. The Morgan fingerprint density at radius 3 is 2.59 bits per heavy atom. The van der Waals surface area contributed by atoms with Gasteiger partial charge in [0.2, 0.25) is 0 Å². The van der Waals surface area contributed by atoms with Gasteiger partial charge in [-0.05, 0) is 81.2 Å². The van der Waals surface area contributed by atoms with Crippen LogP contribution in [0.1, 0.15) is 45.8 Å². The lowest BCUT2D eigenvalue weighted by atomic mass is 9.88. The standard InChI is InChI=1S/C22H21ClF3N3O2S/c1-11-7-14(23)10-16(19(11)30)20(31)28-21-27-18-15(12-3-5-29(2)6-4-12)8-13(22(24,25)26)9-17(18)32-21/h7-10,12,30H,3-6H2,1-2H3,(H,27,28,31). The van der Waals surface area contributed by atoms with Crippen molar-refractivity contribution in [2.24, 2.45) is 0 Å². The second-order valence-corrected chi connectivity index (χ2v) is 9.55. The minimum Gasteiger partial charge on any atom is -0.507 e. The van der Waals surface area contributed by atoms with E-state index in [0.717, 1.165) is 43.3 Å². The molecule has 5 nitrogen and oxygen atoms in total. The van der Waals surface area contributed by atoms with E-state index in [9.17, 15) is 23.1 Å². The number of aryl methyl sites for hydroxylation is 1. The predicted octanol–water partition coefficient (Wildman–Crippen LogP) is 6.04. The summed E-state index contributed by atoms with van der Waals surface area (Å²) in [7, 11) is 1.99. The quantitative estimate of drug-likeness (QED) is 0.476. The molecule has 1 amide bonds. The summed E-state index contributed by atoms with van der Waals surface area (Å²) in [5, 5.41) is 13.3. The molecule has 0 atom stereocenters. The lowest BCUT2D eigenvalue weighted by molar-refractivity contribution is -0.137. The molecule has 10 heteroatoms. The van der Waals surface area contributed by atoms with Gasteiger partial charge in [0.05, 0.1) is 21.3 Å². The van der Waals surface area contributed by atoms with Gasteiger partial charge in [-0.2, -0.15) is 13.2 Å². The second-order valence-electron chi connectivity index (χ2n) is 8.08. The Morgan fingerprint density at radius 1 is 1.25 bits per heavy atom. The molecule has 170 valence electrons. The van der Waals surface area contributed by atoms with Gasteiger partial charge in [0.1, 0.15) is 5.75 Å². The molecule has 0 radical (unpaired) electrons. The zero-order valence-electron chi connectivity index (χ0n) is 17.4. The number of anilines is 1. The molecule has 0 saturated carbocycles. The first kappa shape index (κ1) is 22.8. The molecule has 1 aliphatic rings. The highest BCUT2D eigenvalue weighted by molar-refractivity contribution is 7.22. The summed E-state index contributed by atoms with van der Waals surface area (Å²) in [4.78, 5) is 19.3. The van der Waals surface area contributed by atoms with Crippen LogP contribution in [0.25, 0.3) is 10.2 Å². The summed E-state index contributed by atoms with van der Waals surface area (Å²) in [6, 6.07) is 5.12. The lowest BCUT2D eigenvalue weighted by Crippen LogP contribution is -2.29. The van der Waals surface area contributed by atoms with Crippen LogP contribution in [0.15, 0.2) is 24.3 Å². The first-order valence-electron chi connectivity index (χ1n) is 10.0. The Hall–Kier alpha value is -2.36. The highest BCUT2D eigenvalue weighted by Crippen LogP contribution is 2.41. The number of amides is 1. The first-order chi connectivity index (χ1) is 15.0. The Morgan fingerprint density at radius 2 is 1.94 bits per heavy atom. The number of carbonyl (C=O) groups is 1. The van der Waals surface area contributed by atoms with Crippen LogP contribution in [0.2, 0.25) is 5.02 Å². The topological polar surface area (TPSA) is 65.5 Å². The fourth-order valence-electron chi connectivity index (χ4n) is 3.98. The summed E-state index contributed by atoms with van der Waals surface area (Å²) < 4.78 is 41.0. The maximum absolute atomic E-state index is 13.5. The van der Waals surface area contributed by atoms with E-state index in [1.165, 1.54) is 18.2 Å². The zero-order valence-corrected chi connectivity index (χ0v) is 19.0. The van der Waals surface area contributed by atoms with Gasteiger partial charge in [-0.15, -0.1) is 0 Å². The molecule has 2 N–H and O–H groups in total. The molecule has 1 aromatic heterocycles. The van der Waals surface area contributed by atoms with Gasteiger partial charge in [0.15, 0.2) is 5.13 Å². The fraction of sp³-hybridized carbons (Fsp3) is 0.364. The predicted molar refractivity (Wildman–Crippen MR) is 120 cm³/mol. The van der Waals surface area contributed by atoms with Crippen LogP contribution in [0.5, 0.6) is 5.75 Å². The van der Waals surface area contributed by atoms with Crippen LogP contribution >= 0.6 is 22.9 Å². The maximum Gasteiger partial charge on any atom is 0.416 e.